The van der Waals surface area contributed by atoms with Gasteiger partial charge < -0.3 is 25.0 Å². The summed E-state index contributed by atoms with van der Waals surface area (Å²) in [5, 5.41) is 0. The second-order valence-electron chi connectivity index (χ2n) is 10.0. The quantitative estimate of drug-likeness (QED) is 0.521. The average molecular weight is 499 g/mol. The SMILES string of the molecule is COc1ccc(N2Cc3ccc(C(C)N4Cc5cnc(N)cc5C4=O)cc3C2=O)cc1OC1CCCC1. The van der Waals surface area contributed by atoms with Gasteiger partial charge in [0.1, 0.15) is 5.82 Å². The molecule has 190 valence electrons. The van der Waals surface area contributed by atoms with Crippen LogP contribution < -0.4 is 20.1 Å². The minimum Gasteiger partial charge on any atom is -0.493 e. The minimum absolute atomic E-state index is 0.0611. The van der Waals surface area contributed by atoms with Gasteiger partial charge in [0.05, 0.1) is 25.8 Å². The molecule has 1 fully saturated rings. The third-order valence-corrected chi connectivity index (χ3v) is 7.78. The molecule has 1 unspecified atom stereocenters. The van der Waals surface area contributed by atoms with Gasteiger partial charge in [-0.05, 0) is 68.0 Å². The third kappa shape index (κ3) is 4.06. The number of methoxy groups -OCH3 is 1. The second-order valence-corrected chi connectivity index (χ2v) is 10.0. The molecule has 37 heavy (non-hydrogen) atoms. The molecule has 0 radical (unpaired) electrons. The molecule has 1 saturated carbocycles. The molecular weight excluding hydrogens is 468 g/mol. The molecule has 8 heteroatoms. The smallest absolute Gasteiger partial charge is 0.258 e. The maximum atomic E-state index is 13.5. The van der Waals surface area contributed by atoms with E-state index in [-0.39, 0.29) is 24.0 Å². The Morgan fingerprint density at radius 1 is 0.946 bits per heavy atom. The molecule has 0 bridgehead atoms. The van der Waals surface area contributed by atoms with Gasteiger partial charge in [-0.2, -0.15) is 0 Å². The maximum Gasteiger partial charge on any atom is 0.258 e. The largest absolute Gasteiger partial charge is 0.493 e. The summed E-state index contributed by atoms with van der Waals surface area (Å²) in [6.07, 6.45) is 6.28. The Hall–Kier alpha value is -4.07. The van der Waals surface area contributed by atoms with Crippen LogP contribution in [0.4, 0.5) is 11.5 Å². The molecule has 2 amide bonds. The molecule has 0 spiro atoms. The van der Waals surface area contributed by atoms with E-state index in [4.69, 9.17) is 15.2 Å². The first kappa shape index (κ1) is 23.3. The predicted molar refractivity (Wildman–Crippen MR) is 140 cm³/mol. The van der Waals surface area contributed by atoms with E-state index < -0.39 is 0 Å². The van der Waals surface area contributed by atoms with Gasteiger partial charge in [-0.3, -0.25) is 9.59 Å². The lowest BCUT2D eigenvalue weighted by Gasteiger charge is -2.25. The van der Waals surface area contributed by atoms with Gasteiger partial charge in [-0.15, -0.1) is 0 Å². The number of aromatic nitrogens is 1. The van der Waals surface area contributed by atoms with Crippen molar-refractivity contribution >= 4 is 23.3 Å². The molecule has 2 aliphatic heterocycles. The second kappa shape index (κ2) is 9.10. The van der Waals surface area contributed by atoms with Crippen molar-refractivity contribution < 1.29 is 19.1 Å². The van der Waals surface area contributed by atoms with E-state index in [1.807, 2.05) is 43.3 Å². The number of rotatable bonds is 6. The highest BCUT2D eigenvalue weighted by Gasteiger charge is 2.34. The van der Waals surface area contributed by atoms with Crippen LogP contribution in [-0.2, 0) is 13.1 Å². The molecule has 2 aromatic carbocycles. The average Bonchev–Trinajstić information content (AvgIpc) is 3.62. The Morgan fingerprint density at radius 2 is 1.73 bits per heavy atom. The van der Waals surface area contributed by atoms with E-state index in [0.29, 0.717) is 41.5 Å². The number of benzene rings is 2. The normalized spacial score (nSPS) is 17.8. The van der Waals surface area contributed by atoms with Crippen molar-refractivity contribution in [3.8, 4) is 11.5 Å². The van der Waals surface area contributed by atoms with Gasteiger partial charge in [-0.1, -0.05) is 12.1 Å². The zero-order chi connectivity index (χ0) is 25.7. The van der Waals surface area contributed by atoms with Crippen LogP contribution in [0, 0.1) is 0 Å². The number of hydrogen-bond acceptors (Lipinski definition) is 6. The van der Waals surface area contributed by atoms with Crippen LogP contribution >= 0.6 is 0 Å². The number of nitrogens with zero attached hydrogens (tertiary/aromatic N) is 3. The Kier molecular flexibility index (Phi) is 5.74. The van der Waals surface area contributed by atoms with Crippen LogP contribution in [-0.4, -0.2) is 34.9 Å². The van der Waals surface area contributed by atoms with E-state index in [9.17, 15) is 9.59 Å². The van der Waals surface area contributed by atoms with E-state index >= 15 is 0 Å². The van der Waals surface area contributed by atoms with E-state index in [1.165, 1.54) is 12.8 Å². The molecule has 0 saturated heterocycles. The highest BCUT2D eigenvalue weighted by atomic mass is 16.5. The Balaban J connectivity index is 1.24. The third-order valence-electron chi connectivity index (χ3n) is 7.78. The van der Waals surface area contributed by atoms with E-state index in [2.05, 4.69) is 4.98 Å². The van der Waals surface area contributed by atoms with Crippen molar-refractivity contribution in [2.75, 3.05) is 17.7 Å². The van der Waals surface area contributed by atoms with Gasteiger partial charge in [0.25, 0.3) is 11.8 Å². The summed E-state index contributed by atoms with van der Waals surface area (Å²) < 4.78 is 11.8. The van der Waals surface area contributed by atoms with Gasteiger partial charge in [-0.25, -0.2) is 4.98 Å². The van der Waals surface area contributed by atoms with E-state index in [1.54, 1.807) is 29.2 Å². The van der Waals surface area contributed by atoms with Crippen molar-refractivity contribution in [1.29, 1.82) is 0 Å². The summed E-state index contributed by atoms with van der Waals surface area (Å²) in [4.78, 5) is 34.3. The number of nitrogen functional groups attached to an aromatic ring is 1. The molecular formula is C29H30N4O4. The number of fused-ring (bicyclic) bond motifs is 2. The zero-order valence-corrected chi connectivity index (χ0v) is 21.1. The van der Waals surface area contributed by atoms with Crippen LogP contribution in [0.5, 0.6) is 11.5 Å². The Bertz CT molecular complexity index is 1400. The lowest BCUT2D eigenvalue weighted by Crippen LogP contribution is -2.27. The number of nitrogens with two attached hydrogens (primary N) is 1. The van der Waals surface area contributed by atoms with Gasteiger partial charge in [0, 0.05) is 41.2 Å². The highest BCUT2D eigenvalue weighted by Crippen LogP contribution is 2.39. The van der Waals surface area contributed by atoms with Crippen LogP contribution in [0.3, 0.4) is 0 Å². The van der Waals surface area contributed by atoms with Crippen molar-refractivity contribution in [2.45, 2.75) is 57.8 Å². The summed E-state index contributed by atoms with van der Waals surface area (Å²) in [5.74, 6) is 1.55. The van der Waals surface area contributed by atoms with E-state index in [0.717, 1.165) is 35.2 Å². The van der Waals surface area contributed by atoms with Crippen LogP contribution in [0.25, 0.3) is 0 Å². The summed E-state index contributed by atoms with van der Waals surface area (Å²) in [7, 11) is 1.63. The molecule has 6 rings (SSSR count). The fraction of sp³-hybridized carbons (Fsp3) is 0.345. The molecule has 3 aromatic rings. The summed E-state index contributed by atoms with van der Waals surface area (Å²) in [6.45, 7) is 2.93. The van der Waals surface area contributed by atoms with Crippen molar-refractivity contribution in [1.82, 2.24) is 9.88 Å². The number of ether oxygens (including phenoxy) is 2. The highest BCUT2D eigenvalue weighted by molar-refractivity contribution is 6.10. The number of amides is 2. The number of anilines is 2. The molecule has 2 N–H and O–H groups in total. The standard InChI is InChI=1S/C29H30N4O4/c1-17(32-16-20-14-31-27(30)13-24(20)28(32)34)18-7-8-19-15-33(29(35)23(19)11-18)21-9-10-25(36-2)26(12-21)37-22-5-3-4-6-22/h7-14,17,22H,3-6,15-16H2,1-2H3,(H2,30,31). The lowest BCUT2D eigenvalue weighted by atomic mass is 10.0. The minimum atomic E-state index is -0.208. The number of carbonyl (C=O) groups is 2. The summed E-state index contributed by atoms with van der Waals surface area (Å²) >= 11 is 0. The number of hydrogen-bond donors (Lipinski definition) is 1. The number of carbonyl (C=O) groups excluding carboxylic acids is 2. The molecule has 8 nitrogen and oxygen atoms in total. The monoisotopic (exact) mass is 498 g/mol. The fourth-order valence-electron chi connectivity index (χ4n) is 5.63. The van der Waals surface area contributed by atoms with Crippen LogP contribution in [0.15, 0.2) is 48.7 Å². The van der Waals surface area contributed by atoms with Crippen LogP contribution in [0.1, 0.15) is 76.1 Å². The Morgan fingerprint density at radius 3 is 2.51 bits per heavy atom. The first-order valence-electron chi connectivity index (χ1n) is 12.8. The van der Waals surface area contributed by atoms with Crippen molar-refractivity contribution in [2.24, 2.45) is 0 Å². The van der Waals surface area contributed by atoms with Crippen molar-refractivity contribution in [3.63, 3.8) is 0 Å². The maximum absolute atomic E-state index is 13.5. The lowest BCUT2D eigenvalue weighted by molar-refractivity contribution is 0.0716. The molecule has 1 aliphatic carbocycles. The first-order chi connectivity index (χ1) is 17.9. The molecule has 3 heterocycles. The summed E-state index contributed by atoms with van der Waals surface area (Å²) in [6, 6.07) is 13.0. The zero-order valence-electron chi connectivity index (χ0n) is 21.1. The predicted octanol–water partition coefficient (Wildman–Crippen LogP) is 4.87. The summed E-state index contributed by atoms with van der Waals surface area (Å²) in [5.41, 5.74) is 10.6. The van der Waals surface area contributed by atoms with Gasteiger partial charge >= 0.3 is 0 Å². The number of pyridine rings is 1. The first-order valence-corrected chi connectivity index (χ1v) is 12.8. The topological polar surface area (TPSA) is 98.0 Å². The Labute approximate surface area is 216 Å². The molecule has 1 aromatic heterocycles. The molecule has 3 aliphatic rings. The molecule has 1 atom stereocenters. The van der Waals surface area contributed by atoms with Crippen molar-refractivity contribution in [3.05, 3.63) is 76.5 Å². The van der Waals surface area contributed by atoms with Crippen LogP contribution in [0.2, 0.25) is 0 Å². The fourth-order valence-corrected chi connectivity index (χ4v) is 5.63. The van der Waals surface area contributed by atoms with Gasteiger partial charge in [0.2, 0.25) is 0 Å². The van der Waals surface area contributed by atoms with Gasteiger partial charge in [0.15, 0.2) is 11.5 Å².